The first kappa shape index (κ1) is 12.1. The Bertz CT molecular complexity index is 629. The fourth-order valence-electron chi connectivity index (χ4n) is 1.44. The zero-order chi connectivity index (χ0) is 13.3. The topological polar surface area (TPSA) is 50.2 Å². The van der Waals surface area contributed by atoms with Gasteiger partial charge < -0.3 is 5.11 Å². The number of halogens is 3. The Morgan fingerprint density at radius 1 is 1.17 bits per heavy atom. The van der Waals surface area contributed by atoms with E-state index in [0.29, 0.717) is 6.07 Å². The molecule has 0 spiro atoms. The summed E-state index contributed by atoms with van der Waals surface area (Å²) in [5.74, 6) is -4.74. The third-order valence-corrected chi connectivity index (χ3v) is 2.29. The highest BCUT2D eigenvalue weighted by atomic mass is 19.2. The minimum absolute atomic E-state index is 0.357. The summed E-state index contributed by atoms with van der Waals surface area (Å²) in [6.45, 7) is 0. The van der Waals surface area contributed by atoms with Gasteiger partial charge in [0.1, 0.15) is 11.5 Å². The number of rotatable bonds is 2. The van der Waals surface area contributed by atoms with Crippen LogP contribution in [0, 0.1) is 17.5 Å². The van der Waals surface area contributed by atoms with Crippen LogP contribution in [0.15, 0.2) is 30.5 Å². The lowest BCUT2D eigenvalue weighted by atomic mass is 10.1. The van der Waals surface area contributed by atoms with Crippen LogP contribution in [0.4, 0.5) is 13.2 Å². The fraction of sp³-hybridized carbons (Fsp3) is 0. The van der Waals surface area contributed by atoms with Crippen LogP contribution in [0.2, 0.25) is 0 Å². The summed E-state index contributed by atoms with van der Waals surface area (Å²) in [6.07, 6.45) is 0.880. The lowest BCUT2D eigenvalue weighted by molar-refractivity contribution is 0.0696. The van der Waals surface area contributed by atoms with Crippen LogP contribution >= 0.6 is 0 Å². The maximum atomic E-state index is 13.6. The molecule has 2 rings (SSSR count). The summed E-state index contributed by atoms with van der Waals surface area (Å²) in [7, 11) is 0. The molecule has 0 amide bonds. The van der Waals surface area contributed by atoms with Crippen molar-refractivity contribution in [1.82, 2.24) is 4.98 Å². The van der Waals surface area contributed by atoms with Crippen LogP contribution in [0.5, 0.6) is 0 Å². The lowest BCUT2D eigenvalue weighted by Gasteiger charge is -2.05. The molecule has 92 valence electrons. The van der Waals surface area contributed by atoms with Crippen molar-refractivity contribution in [2.45, 2.75) is 0 Å². The third-order valence-electron chi connectivity index (χ3n) is 2.29. The van der Waals surface area contributed by atoms with Crippen LogP contribution in [-0.4, -0.2) is 16.1 Å². The average Bonchev–Trinajstić information content (AvgIpc) is 2.33. The number of carbonyl (C=O) groups is 1. The van der Waals surface area contributed by atoms with Crippen molar-refractivity contribution in [3.8, 4) is 11.3 Å². The summed E-state index contributed by atoms with van der Waals surface area (Å²) in [6, 6.07) is 3.96. The van der Waals surface area contributed by atoms with E-state index < -0.39 is 29.1 Å². The van der Waals surface area contributed by atoms with E-state index in [-0.39, 0.29) is 11.1 Å². The molecule has 1 N–H and O–H groups in total. The molecule has 0 radical (unpaired) electrons. The minimum Gasteiger partial charge on any atom is -0.478 e. The van der Waals surface area contributed by atoms with Crippen molar-refractivity contribution < 1.29 is 23.1 Å². The van der Waals surface area contributed by atoms with Crippen LogP contribution in [-0.2, 0) is 0 Å². The number of hydrogen-bond donors (Lipinski definition) is 1. The van der Waals surface area contributed by atoms with E-state index in [9.17, 15) is 18.0 Å². The molecule has 1 aromatic carbocycles. The number of nitrogens with zero attached hydrogens (tertiary/aromatic N) is 1. The van der Waals surface area contributed by atoms with Crippen LogP contribution < -0.4 is 0 Å². The van der Waals surface area contributed by atoms with Crippen molar-refractivity contribution in [2.24, 2.45) is 0 Å². The highest BCUT2D eigenvalue weighted by Gasteiger charge is 2.16. The molecular weight excluding hydrogens is 247 g/mol. The second-order valence-corrected chi connectivity index (χ2v) is 3.46. The van der Waals surface area contributed by atoms with Gasteiger partial charge in [-0.2, -0.15) is 0 Å². The first-order chi connectivity index (χ1) is 8.50. The molecule has 0 atom stereocenters. The van der Waals surface area contributed by atoms with Gasteiger partial charge in [0.2, 0.25) is 0 Å². The SMILES string of the molecule is O=C(O)c1cnc(-c2cccc(F)c2F)c(F)c1. The largest absolute Gasteiger partial charge is 0.478 e. The van der Waals surface area contributed by atoms with Crippen molar-refractivity contribution >= 4 is 5.97 Å². The molecule has 0 aliphatic heterocycles. The van der Waals surface area contributed by atoms with Gasteiger partial charge in [-0.3, -0.25) is 4.98 Å². The normalized spacial score (nSPS) is 10.4. The van der Waals surface area contributed by atoms with E-state index in [2.05, 4.69) is 4.98 Å². The van der Waals surface area contributed by atoms with Crippen molar-refractivity contribution in [3.63, 3.8) is 0 Å². The van der Waals surface area contributed by atoms with Crippen LogP contribution in [0.1, 0.15) is 10.4 Å². The molecule has 3 nitrogen and oxygen atoms in total. The Hall–Kier alpha value is -2.37. The summed E-state index contributed by atoms with van der Waals surface area (Å²) in [5, 5.41) is 8.63. The summed E-state index contributed by atoms with van der Waals surface area (Å²) in [4.78, 5) is 14.1. The number of benzene rings is 1. The van der Waals surface area contributed by atoms with Crippen molar-refractivity contribution in [3.05, 3.63) is 53.5 Å². The zero-order valence-electron chi connectivity index (χ0n) is 8.82. The summed E-state index contributed by atoms with van der Waals surface area (Å²) in [5.41, 5.74) is -1.16. The van der Waals surface area contributed by atoms with Crippen molar-refractivity contribution in [1.29, 1.82) is 0 Å². The van der Waals surface area contributed by atoms with Gasteiger partial charge >= 0.3 is 5.97 Å². The average molecular weight is 253 g/mol. The summed E-state index contributed by atoms with van der Waals surface area (Å²) < 4.78 is 40.0. The van der Waals surface area contributed by atoms with Gasteiger partial charge in [0, 0.05) is 11.8 Å². The van der Waals surface area contributed by atoms with Gasteiger partial charge in [-0.15, -0.1) is 0 Å². The molecule has 0 saturated heterocycles. The lowest BCUT2D eigenvalue weighted by Crippen LogP contribution is -2.01. The van der Waals surface area contributed by atoms with E-state index in [4.69, 9.17) is 5.11 Å². The molecule has 18 heavy (non-hydrogen) atoms. The van der Waals surface area contributed by atoms with Crippen LogP contribution in [0.3, 0.4) is 0 Å². The smallest absolute Gasteiger partial charge is 0.337 e. The van der Waals surface area contributed by atoms with Gasteiger partial charge in [-0.25, -0.2) is 18.0 Å². The predicted molar refractivity (Wildman–Crippen MR) is 56.5 cm³/mol. The second-order valence-electron chi connectivity index (χ2n) is 3.46. The van der Waals surface area contributed by atoms with E-state index in [0.717, 1.165) is 18.3 Å². The molecule has 0 unspecified atom stereocenters. The quantitative estimate of drug-likeness (QED) is 0.895. The van der Waals surface area contributed by atoms with E-state index in [1.807, 2.05) is 0 Å². The van der Waals surface area contributed by atoms with Crippen LogP contribution in [0.25, 0.3) is 11.3 Å². The molecular formula is C12H6F3NO2. The molecule has 2 aromatic rings. The second kappa shape index (κ2) is 4.48. The number of pyridine rings is 1. The highest BCUT2D eigenvalue weighted by Crippen LogP contribution is 2.25. The molecule has 0 bridgehead atoms. The standard InChI is InChI=1S/C12H6F3NO2/c13-8-3-1-2-7(10(8)15)11-9(14)4-6(5-16-11)12(17)18/h1-5H,(H,17,18). The fourth-order valence-corrected chi connectivity index (χ4v) is 1.44. The Labute approximate surface area is 99.5 Å². The van der Waals surface area contributed by atoms with E-state index in [1.54, 1.807) is 0 Å². The van der Waals surface area contributed by atoms with Gasteiger partial charge in [-0.05, 0) is 18.2 Å². The first-order valence-electron chi connectivity index (χ1n) is 4.84. The molecule has 6 heteroatoms. The third kappa shape index (κ3) is 2.04. The number of carboxylic acids is 1. The van der Waals surface area contributed by atoms with E-state index in [1.165, 1.54) is 6.07 Å². The number of aromatic carboxylic acids is 1. The molecule has 1 heterocycles. The number of aromatic nitrogens is 1. The molecule has 0 fully saturated rings. The molecule has 0 saturated carbocycles. The van der Waals surface area contributed by atoms with Gasteiger partial charge in [-0.1, -0.05) is 6.07 Å². The Kier molecular flexibility index (Phi) is 3.01. The Morgan fingerprint density at radius 2 is 1.89 bits per heavy atom. The molecule has 0 aliphatic carbocycles. The predicted octanol–water partition coefficient (Wildman–Crippen LogP) is 2.86. The van der Waals surface area contributed by atoms with Crippen molar-refractivity contribution in [2.75, 3.05) is 0 Å². The minimum atomic E-state index is -1.35. The summed E-state index contributed by atoms with van der Waals surface area (Å²) >= 11 is 0. The monoisotopic (exact) mass is 253 g/mol. The molecule has 1 aromatic heterocycles. The number of carboxylic acid groups (broad SMARTS) is 1. The zero-order valence-corrected chi connectivity index (χ0v) is 8.82. The maximum Gasteiger partial charge on any atom is 0.337 e. The van der Waals surface area contributed by atoms with Gasteiger partial charge in [0.05, 0.1) is 5.56 Å². The Balaban J connectivity index is 2.58. The van der Waals surface area contributed by atoms with Gasteiger partial charge in [0.15, 0.2) is 11.6 Å². The Morgan fingerprint density at radius 3 is 2.50 bits per heavy atom. The number of hydrogen-bond acceptors (Lipinski definition) is 2. The highest BCUT2D eigenvalue weighted by molar-refractivity contribution is 5.87. The first-order valence-corrected chi connectivity index (χ1v) is 4.84. The van der Waals surface area contributed by atoms with Gasteiger partial charge in [0.25, 0.3) is 0 Å². The van der Waals surface area contributed by atoms with E-state index >= 15 is 0 Å². The molecule has 0 aliphatic rings. The maximum absolute atomic E-state index is 13.6.